The number of nitrogens with zero attached hydrogens (tertiary/aromatic N) is 1. The number of nitrogens with one attached hydrogen (secondary N) is 1. The van der Waals surface area contributed by atoms with Crippen LogP contribution in [-0.4, -0.2) is 9.55 Å². The van der Waals surface area contributed by atoms with Gasteiger partial charge in [0.05, 0.1) is 17.1 Å². The van der Waals surface area contributed by atoms with E-state index in [1.807, 2.05) is 0 Å². The first-order chi connectivity index (χ1) is 9.56. The van der Waals surface area contributed by atoms with Crippen LogP contribution in [0, 0.1) is 14.2 Å². The van der Waals surface area contributed by atoms with E-state index in [2.05, 4.69) is 57.3 Å². The van der Waals surface area contributed by atoms with Gasteiger partial charge >= 0.3 is 0 Å². The Morgan fingerprint density at radius 3 is 2.60 bits per heavy atom. The lowest BCUT2D eigenvalue weighted by molar-refractivity contribution is 0.618. The van der Waals surface area contributed by atoms with Crippen LogP contribution in [0.1, 0.15) is 18.5 Å². The molecule has 1 unspecified atom stereocenters. The first-order valence-corrected chi connectivity index (χ1v) is 7.70. The fraction of sp³-hybridized carbons (Fsp3) is 0.133. The molecule has 0 fully saturated rings. The Bertz CT molecular complexity index is 820. The lowest BCUT2D eigenvalue weighted by Gasteiger charge is -2.15. The van der Waals surface area contributed by atoms with Gasteiger partial charge < -0.3 is 9.55 Å². The molecule has 0 bridgehead atoms. The molecule has 2 aromatic carbocycles. The van der Waals surface area contributed by atoms with Crippen LogP contribution in [0.25, 0.3) is 11.0 Å². The fourth-order valence-corrected chi connectivity index (χ4v) is 3.24. The number of imidazole rings is 1. The smallest absolute Gasteiger partial charge is 0.178 e. The summed E-state index contributed by atoms with van der Waals surface area (Å²) in [6.07, 6.45) is 0. The SMILES string of the molecule is CC(c1ccc(F)cc1)n1c(=S)[nH]c2cc(I)ccc21. The molecule has 1 heterocycles. The zero-order chi connectivity index (χ0) is 14.3. The molecular formula is C15H12FIN2S. The van der Waals surface area contributed by atoms with Crippen molar-refractivity contribution in [3.8, 4) is 0 Å². The maximum atomic E-state index is 13.0. The monoisotopic (exact) mass is 398 g/mol. The highest BCUT2D eigenvalue weighted by Crippen LogP contribution is 2.25. The Kier molecular flexibility index (Phi) is 3.64. The average molecular weight is 398 g/mol. The number of aromatic amines is 1. The Balaban J connectivity index is 2.16. The number of fused-ring (bicyclic) bond motifs is 1. The molecule has 1 aromatic heterocycles. The Morgan fingerprint density at radius 1 is 1.20 bits per heavy atom. The normalized spacial score (nSPS) is 12.8. The molecule has 5 heteroatoms. The lowest BCUT2D eigenvalue weighted by Crippen LogP contribution is -2.06. The highest BCUT2D eigenvalue weighted by molar-refractivity contribution is 14.1. The molecule has 20 heavy (non-hydrogen) atoms. The van der Waals surface area contributed by atoms with Crippen LogP contribution in [0.2, 0.25) is 0 Å². The van der Waals surface area contributed by atoms with E-state index in [1.54, 1.807) is 12.1 Å². The summed E-state index contributed by atoms with van der Waals surface area (Å²) in [5.41, 5.74) is 3.12. The van der Waals surface area contributed by atoms with Crippen molar-refractivity contribution in [1.29, 1.82) is 0 Å². The minimum atomic E-state index is -0.224. The highest BCUT2D eigenvalue weighted by Gasteiger charge is 2.13. The van der Waals surface area contributed by atoms with Crippen LogP contribution in [-0.2, 0) is 0 Å². The third kappa shape index (κ3) is 2.40. The largest absolute Gasteiger partial charge is 0.331 e. The third-order valence-electron chi connectivity index (χ3n) is 3.42. The molecule has 0 radical (unpaired) electrons. The zero-order valence-electron chi connectivity index (χ0n) is 10.7. The minimum Gasteiger partial charge on any atom is -0.331 e. The summed E-state index contributed by atoms with van der Waals surface area (Å²) in [5, 5.41) is 0. The summed E-state index contributed by atoms with van der Waals surface area (Å²) < 4.78 is 16.9. The second-order valence-corrected chi connectivity index (χ2v) is 6.32. The summed E-state index contributed by atoms with van der Waals surface area (Å²) in [6, 6.07) is 12.8. The van der Waals surface area contributed by atoms with E-state index in [4.69, 9.17) is 12.2 Å². The van der Waals surface area contributed by atoms with Gasteiger partial charge in [0.2, 0.25) is 0 Å². The van der Waals surface area contributed by atoms with Gasteiger partial charge in [-0.1, -0.05) is 12.1 Å². The van der Waals surface area contributed by atoms with E-state index in [-0.39, 0.29) is 11.9 Å². The molecule has 0 amide bonds. The van der Waals surface area contributed by atoms with Crippen molar-refractivity contribution in [3.05, 3.63) is 62.2 Å². The summed E-state index contributed by atoms with van der Waals surface area (Å²) in [7, 11) is 0. The molecular weight excluding hydrogens is 386 g/mol. The Morgan fingerprint density at radius 2 is 1.90 bits per heavy atom. The van der Waals surface area contributed by atoms with E-state index < -0.39 is 0 Å². The van der Waals surface area contributed by atoms with Crippen LogP contribution >= 0.6 is 34.8 Å². The van der Waals surface area contributed by atoms with Crippen LogP contribution in [0.5, 0.6) is 0 Å². The number of rotatable bonds is 2. The first kappa shape index (κ1) is 13.8. The summed E-state index contributed by atoms with van der Waals surface area (Å²) in [6.45, 7) is 2.06. The van der Waals surface area contributed by atoms with E-state index >= 15 is 0 Å². The van der Waals surface area contributed by atoms with Crippen LogP contribution in [0.15, 0.2) is 42.5 Å². The summed E-state index contributed by atoms with van der Waals surface area (Å²) in [5.74, 6) is -0.224. The van der Waals surface area contributed by atoms with Crippen molar-refractivity contribution in [1.82, 2.24) is 9.55 Å². The predicted molar refractivity (Wildman–Crippen MR) is 90.1 cm³/mol. The molecule has 102 valence electrons. The van der Waals surface area contributed by atoms with E-state index in [9.17, 15) is 4.39 Å². The van der Waals surface area contributed by atoms with Gasteiger partial charge in [0.15, 0.2) is 4.77 Å². The standard InChI is InChI=1S/C15H12FIN2S/c1-9(10-2-4-11(16)5-3-10)19-14-7-6-12(17)8-13(14)18-15(19)20/h2-9H,1H3,(H,18,20). The first-order valence-electron chi connectivity index (χ1n) is 6.21. The molecule has 0 aliphatic carbocycles. The lowest BCUT2D eigenvalue weighted by atomic mass is 10.1. The number of H-pyrrole nitrogens is 1. The van der Waals surface area contributed by atoms with Crippen molar-refractivity contribution in [2.75, 3.05) is 0 Å². The summed E-state index contributed by atoms with van der Waals surface area (Å²) in [4.78, 5) is 3.23. The third-order valence-corrected chi connectivity index (χ3v) is 4.39. The zero-order valence-corrected chi connectivity index (χ0v) is 13.7. The van der Waals surface area contributed by atoms with Gasteiger partial charge in [0, 0.05) is 3.57 Å². The van der Waals surface area contributed by atoms with Crippen LogP contribution in [0.3, 0.4) is 0 Å². The van der Waals surface area contributed by atoms with Crippen molar-refractivity contribution in [2.45, 2.75) is 13.0 Å². The molecule has 0 saturated carbocycles. The van der Waals surface area contributed by atoms with Crippen LogP contribution in [0.4, 0.5) is 4.39 Å². The molecule has 0 aliphatic rings. The molecule has 0 saturated heterocycles. The van der Waals surface area contributed by atoms with Crippen LogP contribution < -0.4 is 0 Å². The number of benzene rings is 2. The van der Waals surface area contributed by atoms with Crippen molar-refractivity contribution in [3.63, 3.8) is 0 Å². The van der Waals surface area contributed by atoms with Crippen molar-refractivity contribution in [2.24, 2.45) is 0 Å². The van der Waals surface area contributed by atoms with Gasteiger partial charge in [-0.25, -0.2) is 4.39 Å². The molecule has 3 aromatic rings. The van der Waals surface area contributed by atoms with Crippen molar-refractivity contribution < 1.29 is 4.39 Å². The van der Waals surface area contributed by atoms with Gasteiger partial charge in [0.1, 0.15) is 5.82 Å². The molecule has 1 N–H and O–H groups in total. The highest BCUT2D eigenvalue weighted by atomic mass is 127. The maximum Gasteiger partial charge on any atom is 0.178 e. The molecule has 0 aliphatic heterocycles. The van der Waals surface area contributed by atoms with E-state index in [1.165, 1.54) is 12.1 Å². The topological polar surface area (TPSA) is 20.7 Å². The number of hydrogen-bond donors (Lipinski definition) is 1. The second-order valence-electron chi connectivity index (χ2n) is 4.69. The maximum absolute atomic E-state index is 13.0. The summed E-state index contributed by atoms with van der Waals surface area (Å²) >= 11 is 7.71. The van der Waals surface area contributed by atoms with Gasteiger partial charge in [-0.3, -0.25) is 0 Å². The van der Waals surface area contributed by atoms with Gasteiger partial charge in [-0.2, -0.15) is 0 Å². The molecule has 1 atom stereocenters. The number of aromatic nitrogens is 2. The predicted octanol–water partition coefficient (Wildman–Crippen LogP) is 5.05. The Labute approximate surface area is 134 Å². The molecule has 2 nitrogen and oxygen atoms in total. The molecule has 3 rings (SSSR count). The van der Waals surface area contributed by atoms with E-state index in [0.717, 1.165) is 20.2 Å². The Hall–Kier alpha value is -1.21. The van der Waals surface area contributed by atoms with Gasteiger partial charge in [0.25, 0.3) is 0 Å². The van der Waals surface area contributed by atoms with Gasteiger partial charge in [-0.05, 0) is 77.6 Å². The van der Waals surface area contributed by atoms with Crippen molar-refractivity contribution >= 4 is 45.8 Å². The number of halogens is 2. The fourth-order valence-electron chi connectivity index (χ4n) is 2.38. The quantitative estimate of drug-likeness (QED) is 0.473. The minimum absolute atomic E-state index is 0.0527. The average Bonchev–Trinajstić information content (AvgIpc) is 2.73. The second kappa shape index (κ2) is 5.29. The molecule has 0 spiro atoms. The van der Waals surface area contributed by atoms with E-state index in [0.29, 0.717) is 4.77 Å². The number of hydrogen-bond acceptors (Lipinski definition) is 1. The van der Waals surface area contributed by atoms with Gasteiger partial charge in [-0.15, -0.1) is 0 Å².